The van der Waals surface area contributed by atoms with Gasteiger partial charge in [-0.3, -0.25) is 23.6 Å². The van der Waals surface area contributed by atoms with Crippen molar-refractivity contribution < 1.29 is 23.9 Å². The second-order valence-corrected chi connectivity index (χ2v) is 7.92. The summed E-state index contributed by atoms with van der Waals surface area (Å²) in [5.74, 6) is 0.471. The van der Waals surface area contributed by atoms with E-state index in [4.69, 9.17) is 9.47 Å². The van der Waals surface area contributed by atoms with Crippen LogP contribution in [0.15, 0.2) is 41.2 Å². The topological polar surface area (TPSA) is 99.8 Å². The average Bonchev–Trinajstić information content (AvgIpc) is 3.08. The van der Waals surface area contributed by atoms with Crippen molar-refractivity contribution >= 4 is 29.1 Å². The van der Waals surface area contributed by atoms with Gasteiger partial charge in [0.2, 0.25) is 5.91 Å². The van der Waals surface area contributed by atoms with Crippen molar-refractivity contribution in [2.24, 2.45) is 7.05 Å². The summed E-state index contributed by atoms with van der Waals surface area (Å²) in [6.07, 6.45) is 1.19. The molecule has 1 aliphatic rings. The maximum Gasteiger partial charge on any atom is 0.329 e. The quantitative estimate of drug-likeness (QED) is 0.402. The van der Waals surface area contributed by atoms with E-state index >= 15 is 0 Å². The number of ether oxygens (including phenoxy) is 2. The largest absolute Gasteiger partial charge is 0.497 e. The number of likely N-dealkylation sites (tertiary alicyclic amines) is 1. The fourth-order valence-corrected chi connectivity index (χ4v) is 4.45. The first kappa shape index (κ1) is 22.3. The lowest BCUT2D eigenvalue weighted by atomic mass is 10.0. The molecule has 2 aromatic carbocycles. The normalized spacial score (nSPS) is 16.3. The lowest BCUT2D eigenvalue weighted by Crippen LogP contribution is -2.47. The van der Waals surface area contributed by atoms with Gasteiger partial charge in [0.1, 0.15) is 23.8 Å². The fourth-order valence-electron chi connectivity index (χ4n) is 4.45. The molecule has 9 nitrogen and oxygen atoms in total. The van der Waals surface area contributed by atoms with Crippen molar-refractivity contribution in [3.8, 4) is 11.5 Å². The number of carbonyl (C=O) groups is 3. The molecule has 1 unspecified atom stereocenters. The molecule has 0 radical (unpaired) electrons. The van der Waals surface area contributed by atoms with Crippen molar-refractivity contribution in [2.75, 3.05) is 14.2 Å². The molecule has 0 bridgehead atoms. The molecule has 172 valence electrons. The SMILES string of the molecule is COc1ccc(CN2C(=O)CCC(n3c(=O)n(C)c4c(CC=O)c(OC)ccc43)C2=O)cc1. The van der Waals surface area contributed by atoms with E-state index in [0.717, 1.165) is 11.8 Å². The van der Waals surface area contributed by atoms with Crippen LogP contribution in [0.3, 0.4) is 0 Å². The summed E-state index contributed by atoms with van der Waals surface area (Å²) < 4.78 is 13.4. The second kappa shape index (κ2) is 8.93. The van der Waals surface area contributed by atoms with E-state index in [0.29, 0.717) is 28.1 Å². The number of rotatable bonds is 7. The van der Waals surface area contributed by atoms with Crippen LogP contribution < -0.4 is 15.2 Å². The lowest BCUT2D eigenvalue weighted by Gasteiger charge is -2.31. The van der Waals surface area contributed by atoms with Crippen LogP contribution in [0.4, 0.5) is 0 Å². The summed E-state index contributed by atoms with van der Waals surface area (Å²) in [5, 5.41) is 0. The summed E-state index contributed by atoms with van der Waals surface area (Å²) in [6, 6.07) is 9.70. The first-order valence-corrected chi connectivity index (χ1v) is 10.6. The number of imide groups is 1. The van der Waals surface area contributed by atoms with Gasteiger partial charge >= 0.3 is 5.69 Å². The number of fused-ring (bicyclic) bond motifs is 1. The minimum Gasteiger partial charge on any atom is -0.497 e. The number of benzene rings is 2. The van der Waals surface area contributed by atoms with Gasteiger partial charge in [0.15, 0.2) is 0 Å². The molecular weight excluding hydrogens is 426 g/mol. The zero-order chi connectivity index (χ0) is 23.7. The van der Waals surface area contributed by atoms with Gasteiger partial charge < -0.3 is 14.3 Å². The van der Waals surface area contributed by atoms with Crippen molar-refractivity contribution in [2.45, 2.75) is 31.8 Å². The third kappa shape index (κ3) is 3.79. The monoisotopic (exact) mass is 451 g/mol. The first-order valence-electron chi connectivity index (χ1n) is 10.6. The van der Waals surface area contributed by atoms with Crippen LogP contribution in [0.2, 0.25) is 0 Å². The Bertz CT molecular complexity index is 1290. The molecule has 2 heterocycles. The zero-order valence-electron chi connectivity index (χ0n) is 18.7. The maximum atomic E-state index is 13.4. The van der Waals surface area contributed by atoms with Crippen LogP contribution in [0.25, 0.3) is 11.0 Å². The summed E-state index contributed by atoms with van der Waals surface area (Å²) in [4.78, 5) is 51.8. The predicted octanol–water partition coefficient (Wildman–Crippen LogP) is 1.99. The van der Waals surface area contributed by atoms with Gasteiger partial charge in [0.05, 0.1) is 31.8 Å². The number of imidazole rings is 1. The van der Waals surface area contributed by atoms with Gasteiger partial charge in [-0.05, 0) is 36.2 Å². The molecule has 1 fully saturated rings. The average molecular weight is 451 g/mol. The number of hydrogen-bond acceptors (Lipinski definition) is 6. The Hall–Kier alpha value is -3.88. The van der Waals surface area contributed by atoms with Crippen LogP contribution in [0.1, 0.15) is 30.0 Å². The molecule has 1 saturated heterocycles. The Morgan fingerprint density at radius 3 is 2.39 bits per heavy atom. The van der Waals surface area contributed by atoms with Crippen LogP contribution in [-0.2, 0) is 34.4 Å². The highest BCUT2D eigenvalue weighted by Crippen LogP contribution is 2.32. The smallest absolute Gasteiger partial charge is 0.329 e. The predicted molar refractivity (Wildman–Crippen MR) is 120 cm³/mol. The number of carbonyl (C=O) groups excluding carboxylic acids is 3. The van der Waals surface area contributed by atoms with Gasteiger partial charge in [0.25, 0.3) is 5.91 Å². The van der Waals surface area contributed by atoms with Crippen LogP contribution >= 0.6 is 0 Å². The van der Waals surface area contributed by atoms with Gasteiger partial charge in [0, 0.05) is 25.5 Å². The molecule has 0 saturated carbocycles. The Morgan fingerprint density at radius 2 is 1.76 bits per heavy atom. The number of aromatic nitrogens is 2. The van der Waals surface area contributed by atoms with E-state index in [9.17, 15) is 19.2 Å². The van der Waals surface area contributed by atoms with Gasteiger partial charge in [-0.15, -0.1) is 0 Å². The van der Waals surface area contributed by atoms with Crippen LogP contribution in [0, 0.1) is 0 Å². The highest BCUT2D eigenvalue weighted by molar-refractivity contribution is 6.00. The Morgan fingerprint density at radius 1 is 1.03 bits per heavy atom. The third-order valence-corrected chi connectivity index (χ3v) is 6.11. The molecule has 1 atom stereocenters. The minimum atomic E-state index is -0.824. The zero-order valence-corrected chi connectivity index (χ0v) is 18.7. The molecule has 0 spiro atoms. The minimum absolute atomic E-state index is 0.0680. The molecule has 0 aliphatic carbocycles. The van der Waals surface area contributed by atoms with Gasteiger partial charge in [-0.2, -0.15) is 0 Å². The number of methoxy groups -OCH3 is 2. The van der Waals surface area contributed by atoms with E-state index < -0.39 is 11.9 Å². The second-order valence-electron chi connectivity index (χ2n) is 7.92. The molecule has 4 rings (SSSR count). The standard InChI is InChI=1S/C24H25N3O6/c1-25-22-17(12-13-28)20(33-3)10-8-18(22)27(24(25)31)19-9-11-21(29)26(23(19)30)14-15-4-6-16(32-2)7-5-15/h4-8,10,13,19H,9,11-12,14H2,1-3H3. The van der Waals surface area contributed by atoms with Crippen molar-refractivity contribution in [3.05, 3.63) is 58.0 Å². The molecule has 0 N–H and O–H groups in total. The van der Waals surface area contributed by atoms with E-state index in [1.54, 1.807) is 50.6 Å². The third-order valence-electron chi connectivity index (χ3n) is 6.11. The Labute approximate surface area is 190 Å². The maximum absolute atomic E-state index is 13.4. The van der Waals surface area contributed by atoms with E-state index in [-0.39, 0.29) is 37.4 Å². The van der Waals surface area contributed by atoms with E-state index in [1.807, 2.05) is 0 Å². The number of nitrogens with zero attached hydrogens (tertiary/aromatic N) is 3. The number of amides is 2. The Balaban J connectivity index is 1.76. The van der Waals surface area contributed by atoms with Gasteiger partial charge in [-0.1, -0.05) is 12.1 Å². The van der Waals surface area contributed by atoms with Crippen molar-refractivity contribution in [1.29, 1.82) is 0 Å². The summed E-state index contributed by atoms with van der Waals surface area (Å²) in [7, 11) is 4.66. The number of piperidine rings is 1. The highest BCUT2D eigenvalue weighted by atomic mass is 16.5. The van der Waals surface area contributed by atoms with E-state index in [1.165, 1.54) is 21.1 Å². The summed E-state index contributed by atoms with van der Waals surface area (Å²) in [5.41, 5.74) is 2.04. The van der Waals surface area contributed by atoms with Crippen LogP contribution in [0.5, 0.6) is 11.5 Å². The van der Waals surface area contributed by atoms with Crippen LogP contribution in [-0.4, -0.2) is 46.4 Å². The number of hydrogen-bond donors (Lipinski definition) is 0. The summed E-state index contributed by atoms with van der Waals surface area (Å²) >= 11 is 0. The highest BCUT2D eigenvalue weighted by Gasteiger charge is 2.37. The Kier molecular flexibility index (Phi) is 6.04. The number of aryl methyl sites for hydroxylation is 1. The molecule has 1 aromatic heterocycles. The summed E-state index contributed by atoms with van der Waals surface area (Å²) in [6.45, 7) is 0.113. The van der Waals surface area contributed by atoms with Crippen molar-refractivity contribution in [3.63, 3.8) is 0 Å². The van der Waals surface area contributed by atoms with Crippen molar-refractivity contribution in [1.82, 2.24) is 14.0 Å². The first-order chi connectivity index (χ1) is 15.9. The van der Waals surface area contributed by atoms with E-state index in [2.05, 4.69) is 0 Å². The fraction of sp³-hybridized carbons (Fsp3) is 0.333. The molecular formula is C24H25N3O6. The molecule has 9 heteroatoms. The number of aldehydes is 1. The van der Waals surface area contributed by atoms with Gasteiger partial charge in [-0.25, -0.2) is 4.79 Å². The molecule has 1 aliphatic heterocycles. The lowest BCUT2D eigenvalue weighted by molar-refractivity contribution is -0.151. The molecule has 2 amide bonds. The molecule has 33 heavy (non-hydrogen) atoms. The molecule has 3 aromatic rings.